The first-order valence-electron chi connectivity index (χ1n) is 4.09. The molecule has 0 saturated carbocycles. The van der Waals surface area contributed by atoms with Crippen LogP contribution in [-0.2, 0) is 6.18 Å². The first-order valence-corrected chi connectivity index (χ1v) is 5.17. The molecule has 5 nitrogen and oxygen atoms in total. The molecule has 0 radical (unpaired) electrons. The highest BCUT2D eigenvalue weighted by molar-refractivity contribution is 14.1. The van der Waals surface area contributed by atoms with Crippen LogP contribution in [0.5, 0.6) is 5.75 Å². The highest BCUT2D eigenvalue weighted by Crippen LogP contribution is 2.39. The van der Waals surface area contributed by atoms with Crippen molar-refractivity contribution < 1.29 is 36.0 Å². The van der Waals surface area contributed by atoms with Gasteiger partial charge < -0.3 is 4.74 Å². The maximum Gasteiger partial charge on any atom is 0.573 e. The van der Waals surface area contributed by atoms with Crippen LogP contribution in [0.4, 0.5) is 32.0 Å². The average molecular weight is 402 g/mol. The van der Waals surface area contributed by atoms with Crippen LogP contribution in [0.1, 0.15) is 5.69 Å². The predicted molar refractivity (Wildman–Crippen MR) is 55.3 cm³/mol. The van der Waals surface area contributed by atoms with E-state index in [1.165, 1.54) is 0 Å². The Hall–Kier alpha value is -1.34. The molecule has 19 heavy (non-hydrogen) atoms. The Labute approximate surface area is 113 Å². The normalized spacial score (nSPS) is 12.4. The lowest BCUT2D eigenvalue weighted by Crippen LogP contribution is -2.21. The lowest BCUT2D eigenvalue weighted by atomic mass is 10.3. The van der Waals surface area contributed by atoms with Crippen molar-refractivity contribution in [2.45, 2.75) is 12.5 Å². The molecule has 106 valence electrons. The molecule has 0 atom stereocenters. The summed E-state index contributed by atoms with van der Waals surface area (Å²) < 4.78 is 75.6. The molecule has 0 bridgehead atoms. The number of nitrogens with zero attached hydrogens (tertiary/aromatic N) is 2. The number of alkyl halides is 6. The lowest BCUT2D eigenvalue weighted by Gasteiger charge is -2.14. The number of halogens is 7. The minimum absolute atomic E-state index is 0.0328. The van der Waals surface area contributed by atoms with Gasteiger partial charge in [-0.1, -0.05) is 0 Å². The first-order chi connectivity index (χ1) is 8.42. The van der Waals surface area contributed by atoms with Crippen molar-refractivity contribution in [3.05, 3.63) is 25.6 Å². The molecule has 0 aliphatic rings. The zero-order chi connectivity index (χ0) is 15.0. The Kier molecular flexibility index (Phi) is 4.11. The fourth-order valence-corrected chi connectivity index (χ4v) is 1.59. The average Bonchev–Trinajstić information content (AvgIpc) is 2.15. The third-order valence-electron chi connectivity index (χ3n) is 1.61. The van der Waals surface area contributed by atoms with Crippen molar-refractivity contribution >= 4 is 28.3 Å². The van der Waals surface area contributed by atoms with E-state index in [0.717, 1.165) is 22.6 Å². The topological polar surface area (TPSA) is 65.3 Å². The van der Waals surface area contributed by atoms with Gasteiger partial charge in [-0.25, -0.2) is 4.98 Å². The number of nitro groups is 1. The van der Waals surface area contributed by atoms with Gasteiger partial charge in [0.25, 0.3) is 0 Å². The van der Waals surface area contributed by atoms with Gasteiger partial charge in [0, 0.05) is 0 Å². The fourth-order valence-electron chi connectivity index (χ4n) is 0.996. The summed E-state index contributed by atoms with van der Waals surface area (Å²) in [7, 11) is 0. The van der Waals surface area contributed by atoms with E-state index in [2.05, 4.69) is 9.72 Å². The van der Waals surface area contributed by atoms with Gasteiger partial charge in [0.1, 0.15) is 0 Å². The van der Waals surface area contributed by atoms with E-state index in [1.807, 2.05) is 0 Å². The van der Waals surface area contributed by atoms with Gasteiger partial charge in [0.15, 0.2) is 15.1 Å². The Morgan fingerprint density at radius 1 is 1.26 bits per heavy atom. The highest BCUT2D eigenvalue weighted by Gasteiger charge is 2.42. The molecule has 1 aromatic heterocycles. The van der Waals surface area contributed by atoms with Crippen molar-refractivity contribution in [1.82, 2.24) is 4.98 Å². The molecule has 0 saturated heterocycles. The Bertz CT molecular complexity index is 515. The fraction of sp³-hybridized carbons (Fsp3) is 0.286. The molecule has 0 N–H and O–H groups in total. The zero-order valence-corrected chi connectivity index (χ0v) is 10.5. The highest BCUT2D eigenvalue weighted by atomic mass is 127. The molecule has 12 heteroatoms. The summed E-state index contributed by atoms with van der Waals surface area (Å²) in [6, 6.07) is 0.0328. The number of hydrogen-bond donors (Lipinski definition) is 0. The van der Waals surface area contributed by atoms with Crippen LogP contribution in [0, 0.1) is 13.8 Å². The van der Waals surface area contributed by atoms with E-state index >= 15 is 0 Å². The minimum atomic E-state index is -5.43. The lowest BCUT2D eigenvalue weighted by molar-refractivity contribution is -0.386. The largest absolute Gasteiger partial charge is 0.573 e. The van der Waals surface area contributed by atoms with Crippen LogP contribution < -0.4 is 4.74 Å². The molecule has 1 heterocycles. The van der Waals surface area contributed by atoms with E-state index in [9.17, 15) is 36.5 Å². The molecule has 0 aliphatic heterocycles. The molecule has 0 spiro atoms. The second-order valence-corrected chi connectivity index (χ2v) is 3.97. The van der Waals surface area contributed by atoms with E-state index in [0.29, 0.717) is 0 Å². The van der Waals surface area contributed by atoms with Crippen molar-refractivity contribution in [2.24, 2.45) is 0 Å². The van der Waals surface area contributed by atoms with E-state index < -0.39 is 38.3 Å². The van der Waals surface area contributed by atoms with Crippen LogP contribution in [0.25, 0.3) is 0 Å². The second kappa shape index (κ2) is 4.97. The van der Waals surface area contributed by atoms with Crippen molar-refractivity contribution in [2.75, 3.05) is 0 Å². The SMILES string of the molecule is O=[N+]([O-])c1cc(OC(F)(F)F)c(C(F)(F)F)nc1I. The minimum Gasteiger partial charge on any atom is -0.403 e. The third-order valence-corrected chi connectivity index (χ3v) is 2.41. The van der Waals surface area contributed by atoms with Crippen LogP contribution in [0.2, 0.25) is 0 Å². The van der Waals surface area contributed by atoms with Gasteiger partial charge in [0.2, 0.25) is 0 Å². The third kappa shape index (κ3) is 4.07. The Balaban J connectivity index is 3.46. The second-order valence-electron chi connectivity index (χ2n) is 2.95. The monoisotopic (exact) mass is 402 g/mol. The number of ether oxygens (including phenoxy) is 1. The summed E-state index contributed by atoms with van der Waals surface area (Å²) in [6.45, 7) is 0. The molecule has 0 amide bonds. The van der Waals surface area contributed by atoms with Crippen LogP contribution in [-0.4, -0.2) is 16.3 Å². The summed E-state index contributed by atoms with van der Waals surface area (Å²) >= 11 is 1.11. The van der Waals surface area contributed by atoms with Gasteiger partial charge in [0.05, 0.1) is 11.0 Å². The summed E-state index contributed by atoms with van der Waals surface area (Å²) in [4.78, 5) is 12.0. The number of rotatable bonds is 2. The number of hydrogen-bond acceptors (Lipinski definition) is 4. The first kappa shape index (κ1) is 15.7. The van der Waals surface area contributed by atoms with E-state index in [4.69, 9.17) is 0 Å². The van der Waals surface area contributed by atoms with Gasteiger partial charge >= 0.3 is 18.2 Å². The van der Waals surface area contributed by atoms with Crippen molar-refractivity contribution in [3.8, 4) is 5.75 Å². The Morgan fingerprint density at radius 3 is 2.16 bits per heavy atom. The molecular formula is C7HF6IN2O3. The maximum atomic E-state index is 12.5. The van der Waals surface area contributed by atoms with Crippen LogP contribution in [0.15, 0.2) is 6.07 Å². The zero-order valence-electron chi connectivity index (χ0n) is 8.34. The summed E-state index contributed by atoms with van der Waals surface area (Å²) in [5.41, 5.74) is -3.01. The van der Waals surface area contributed by atoms with Crippen molar-refractivity contribution in [3.63, 3.8) is 0 Å². The Morgan fingerprint density at radius 2 is 1.79 bits per heavy atom. The smallest absolute Gasteiger partial charge is 0.403 e. The van der Waals surface area contributed by atoms with Gasteiger partial charge in [-0.2, -0.15) is 13.2 Å². The van der Waals surface area contributed by atoms with E-state index in [-0.39, 0.29) is 6.07 Å². The van der Waals surface area contributed by atoms with Gasteiger partial charge in [-0.05, 0) is 22.6 Å². The van der Waals surface area contributed by atoms with Gasteiger partial charge in [-0.3, -0.25) is 10.1 Å². The van der Waals surface area contributed by atoms with Crippen LogP contribution in [0.3, 0.4) is 0 Å². The quantitative estimate of drug-likeness (QED) is 0.250. The molecule has 1 rings (SSSR count). The summed E-state index contributed by atoms with van der Waals surface area (Å²) in [5, 5.41) is 10.4. The molecular weight excluding hydrogens is 401 g/mol. The number of aromatic nitrogens is 1. The summed E-state index contributed by atoms with van der Waals surface area (Å²) in [6.07, 6.45) is -10.7. The standard InChI is InChI=1S/C7HF6IN2O3/c8-6(9,10)4-3(19-7(11,12)13)1-2(16(17)18)5(14)15-4/h1H. The molecule has 0 aromatic carbocycles. The molecule has 1 aromatic rings. The molecule has 0 aliphatic carbocycles. The molecule has 0 unspecified atom stereocenters. The maximum absolute atomic E-state index is 12.5. The number of pyridine rings is 1. The predicted octanol–water partition coefficient (Wildman–Crippen LogP) is 3.51. The van der Waals surface area contributed by atoms with Crippen LogP contribution >= 0.6 is 22.6 Å². The van der Waals surface area contributed by atoms with E-state index in [1.54, 1.807) is 0 Å². The van der Waals surface area contributed by atoms with Crippen molar-refractivity contribution in [1.29, 1.82) is 0 Å². The summed E-state index contributed by atoms with van der Waals surface area (Å²) in [5.74, 6) is -1.77. The van der Waals surface area contributed by atoms with Gasteiger partial charge in [-0.15, -0.1) is 13.2 Å². The molecule has 0 fully saturated rings.